The summed E-state index contributed by atoms with van der Waals surface area (Å²) in [7, 11) is 0. The molecule has 0 spiro atoms. The van der Waals surface area contributed by atoms with Crippen LogP contribution in [-0.4, -0.2) is 15.5 Å². The summed E-state index contributed by atoms with van der Waals surface area (Å²) in [4.78, 5) is 31.4. The molecule has 0 saturated carbocycles. The van der Waals surface area contributed by atoms with Crippen LogP contribution in [0, 0.1) is 13.8 Å². The largest absolute Gasteiger partial charge is 0.321 e. The third-order valence-electron chi connectivity index (χ3n) is 4.98. The van der Waals surface area contributed by atoms with Gasteiger partial charge in [0, 0.05) is 16.3 Å². The standard InChI is InChI=1S/C22H16Cl3N3O2S/c1-11-5-3-4-6-16(11)27-20(29)19-12(2)17-21(31-19)26-10-28(22(17)30)9-13-14(23)7-8-15(24)18(13)25/h3-8,10H,9H2,1-2H3,(H,27,29). The quantitative estimate of drug-likeness (QED) is 0.338. The van der Waals surface area contributed by atoms with E-state index in [4.69, 9.17) is 34.8 Å². The third-order valence-corrected chi connectivity index (χ3v) is 7.38. The van der Waals surface area contributed by atoms with Gasteiger partial charge in [0.1, 0.15) is 4.83 Å². The first-order valence-electron chi connectivity index (χ1n) is 9.25. The van der Waals surface area contributed by atoms with Gasteiger partial charge in [-0.25, -0.2) is 4.98 Å². The molecule has 9 heteroatoms. The number of anilines is 1. The van der Waals surface area contributed by atoms with Gasteiger partial charge in [0.2, 0.25) is 0 Å². The summed E-state index contributed by atoms with van der Waals surface area (Å²) in [5.74, 6) is -0.276. The zero-order valence-electron chi connectivity index (χ0n) is 16.5. The highest BCUT2D eigenvalue weighted by Crippen LogP contribution is 2.32. The summed E-state index contributed by atoms with van der Waals surface area (Å²) in [5.41, 5.74) is 2.51. The van der Waals surface area contributed by atoms with Gasteiger partial charge in [-0.3, -0.25) is 14.2 Å². The Morgan fingerprint density at radius 1 is 1.10 bits per heavy atom. The Hall–Kier alpha value is -2.38. The van der Waals surface area contributed by atoms with Crippen molar-refractivity contribution in [3.8, 4) is 0 Å². The summed E-state index contributed by atoms with van der Waals surface area (Å²) in [5, 5.41) is 4.36. The number of hydrogen-bond acceptors (Lipinski definition) is 4. The molecular weight excluding hydrogens is 477 g/mol. The molecule has 1 amide bonds. The molecule has 0 aliphatic heterocycles. The minimum atomic E-state index is -0.277. The molecule has 0 atom stereocenters. The van der Waals surface area contributed by atoms with Gasteiger partial charge < -0.3 is 5.32 Å². The van der Waals surface area contributed by atoms with Crippen LogP contribution < -0.4 is 10.9 Å². The Kier molecular flexibility index (Phi) is 6.08. The van der Waals surface area contributed by atoms with Crippen molar-refractivity contribution in [2.24, 2.45) is 0 Å². The molecule has 0 aliphatic carbocycles. The number of hydrogen-bond donors (Lipinski definition) is 1. The van der Waals surface area contributed by atoms with Crippen LogP contribution in [0.15, 0.2) is 47.5 Å². The number of benzene rings is 2. The second-order valence-electron chi connectivity index (χ2n) is 7.00. The number of nitrogens with zero attached hydrogens (tertiary/aromatic N) is 2. The zero-order chi connectivity index (χ0) is 22.3. The molecular formula is C22H16Cl3N3O2S. The molecule has 4 rings (SSSR count). The first-order valence-corrected chi connectivity index (χ1v) is 11.2. The monoisotopic (exact) mass is 491 g/mol. The van der Waals surface area contributed by atoms with E-state index in [9.17, 15) is 9.59 Å². The number of fused-ring (bicyclic) bond motifs is 1. The maximum Gasteiger partial charge on any atom is 0.266 e. The smallest absolute Gasteiger partial charge is 0.266 e. The maximum atomic E-state index is 13.2. The fraction of sp³-hybridized carbons (Fsp3) is 0.136. The topological polar surface area (TPSA) is 64.0 Å². The van der Waals surface area contributed by atoms with Crippen molar-refractivity contribution in [3.63, 3.8) is 0 Å². The predicted molar refractivity (Wildman–Crippen MR) is 128 cm³/mol. The van der Waals surface area contributed by atoms with E-state index < -0.39 is 0 Å². The average molecular weight is 493 g/mol. The van der Waals surface area contributed by atoms with Crippen molar-refractivity contribution in [1.82, 2.24) is 9.55 Å². The first-order chi connectivity index (χ1) is 14.8. The Labute approximate surface area is 197 Å². The summed E-state index contributed by atoms with van der Waals surface area (Å²) >= 11 is 19.8. The molecule has 0 fully saturated rings. The van der Waals surface area contributed by atoms with Crippen LogP contribution in [0.3, 0.4) is 0 Å². The second-order valence-corrected chi connectivity index (χ2v) is 9.20. The number of rotatable bonds is 4. The Morgan fingerprint density at radius 2 is 1.81 bits per heavy atom. The van der Waals surface area contributed by atoms with Crippen molar-refractivity contribution >= 4 is 68.0 Å². The van der Waals surface area contributed by atoms with E-state index in [1.807, 2.05) is 31.2 Å². The molecule has 158 valence electrons. The number of carbonyl (C=O) groups excluding carboxylic acids is 1. The molecule has 1 N–H and O–H groups in total. The van der Waals surface area contributed by atoms with Gasteiger partial charge in [0.05, 0.1) is 33.2 Å². The molecule has 0 bridgehead atoms. The van der Waals surface area contributed by atoms with Gasteiger partial charge in [-0.05, 0) is 43.2 Å². The lowest BCUT2D eigenvalue weighted by Crippen LogP contribution is -2.21. The van der Waals surface area contributed by atoms with E-state index >= 15 is 0 Å². The molecule has 0 aliphatic rings. The van der Waals surface area contributed by atoms with Crippen molar-refractivity contribution < 1.29 is 4.79 Å². The molecule has 31 heavy (non-hydrogen) atoms. The number of thiophene rings is 1. The van der Waals surface area contributed by atoms with Crippen LogP contribution in [0.1, 0.15) is 26.4 Å². The third kappa shape index (κ3) is 4.08. The van der Waals surface area contributed by atoms with Crippen molar-refractivity contribution in [2.45, 2.75) is 20.4 Å². The van der Waals surface area contributed by atoms with Gasteiger partial charge >= 0.3 is 0 Å². The highest BCUT2D eigenvalue weighted by molar-refractivity contribution is 7.20. The number of aryl methyl sites for hydroxylation is 2. The normalized spacial score (nSPS) is 11.1. The van der Waals surface area contributed by atoms with Crippen LogP contribution in [0.2, 0.25) is 15.1 Å². The fourth-order valence-corrected chi connectivity index (χ4v) is 4.97. The van der Waals surface area contributed by atoms with Gasteiger partial charge in [-0.2, -0.15) is 0 Å². The molecule has 0 saturated heterocycles. The summed E-state index contributed by atoms with van der Waals surface area (Å²) in [6.07, 6.45) is 1.43. The minimum Gasteiger partial charge on any atom is -0.321 e. The van der Waals surface area contributed by atoms with Gasteiger partial charge in [-0.15, -0.1) is 11.3 Å². The van der Waals surface area contributed by atoms with Gasteiger partial charge in [0.15, 0.2) is 0 Å². The Bertz CT molecular complexity index is 1400. The molecule has 2 aromatic heterocycles. The van der Waals surface area contributed by atoms with E-state index in [1.165, 1.54) is 22.2 Å². The van der Waals surface area contributed by atoms with E-state index in [1.54, 1.807) is 19.1 Å². The van der Waals surface area contributed by atoms with Crippen LogP contribution >= 0.6 is 46.1 Å². The molecule has 2 heterocycles. The molecule has 0 radical (unpaired) electrons. The molecule has 0 unspecified atom stereocenters. The number of halogens is 3. The summed E-state index contributed by atoms with van der Waals surface area (Å²) in [6, 6.07) is 10.7. The van der Waals surface area contributed by atoms with Gasteiger partial charge in [-0.1, -0.05) is 53.0 Å². The molecule has 4 aromatic rings. The van der Waals surface area contributed by atoms with Gasteiger partial charge in [0.25, 0.3) is 11.5 Å². The van der Waals surface area contributed by atoms with E-state index in [2.05, 4.69) is 10.3 Å². The highest BCUT2D eigenvalue weighted by atomic mass is 35.5. The van der Waals surface area contributed by atoms with Crippen LogP contribution in [-0.2, 0) is 6.54 Å². The number of nitrogens with one attached hydrogen (secondary N) is 1. The van der Waals surface area contributed by atoms with Crippen LogP contribution in [0.4, 0.5) is 5.69 Å². The van der Waals surface area contributed by atoms with Crippen molar-refractivity contribution in [2.75, 3.05) is 5.32 Å². The average Bonchev–Trinajstić information content (AvgIpc) is 3.09. The first kappa shape index (κ1) is 21.8. The Balaban J connectivity index is 1.73. The van der Waals surface area contributed by atoms with Crippen molar-refractivity contribution in [1.29, 1.82) is 0 Å². The zero-order valence-corrected chi connectivity index (χ0v) is 19.6. The predicted octanol–water partition coefficient (Wildman–Crippen LogP) is 6.34. The summed E-state index contributed by atoms with van der Waals surface area (Å²) < 4.78 is 1.41. The SMILES string of the molecule is Cc1ccccc1NC(=O)c1sc2ncn(Cc3c(Cl)ccc(Cl)c3Cl)c(=O)c2c1C. The summed E-state index contributed by atoms with van der Waals surface area (Å²) in [6.45, 7) is 3.78. The molecule has 5 nitrogen and oxygen atoms in total. The molecule has 2 aromatic carbocycles. The lowest BCUT2D eigenvalue weighted by atomic mass is 10.1. The number of carbonyl (C=O) groups is 1. The lowest BCUT2D eigenvalue weighted by Gasteiger charge is -2.10. The van der Waals surface area contributed by atoms with Crippen molar-refractivity contribution in [3.05, 3.63) is 89.7 Å². The van der Waals surface area contributed by atoms with E-state index in [-0.39, 0.29) is 18.0 Å². The van der Waals surface area contributed by atoms with Crippen LogP contribution in [0.25, 0.3) is 10.2 Å². The highest BCUT2D eigenvalue weighted by Gasteiger charge is 2.21. The minimum absolute atomic E-state index is 0.111. The van der Waals surface area contributed by atoms with E-state index in [0.29, 0.717) is 41.3 Å². The van der Waals surface area contributed by atoms with Crippen LogP contribution in [0.5, 0.6) is 0 Å². The second kappa shape index (κ2) is 8.63. The number of para-hydroxylation sites is 1. The maximum absolute atomic E-state index is 13.2. The Morgan fingerprint density at radius 3 is 2.55 bits per heavy atom. The lowest BCUT2D eigenvalue weighted by molar-refractivity contribution is 0.103. The number of amides is 1. The van der Waals surface area contributed by atoms with E-state index in [0.717, 1.165) is 11.3 Å². The number of aromatic nitrogens is 2. The fourth-order valence-electron chi connectivity index (χ4n) is 3.26.